The molecule has 0 heterocycles. The molecule has 0 fully saturated rings. The molecule has 134 valence electrons. The summed E-state index contributed by atoms with van der Waals surface area (Å²) < 4.78 is 27.5. The summed E-state index contributed by atoms with van der Waals surface area (Å²) in [5.41, 5.74) is 2.59. The lowest BCUT2D eigenvalue weighted by Crippen LogP contribution is -2.16. The maximum Gasteiger partial charge on any atom is 0.331 e. The van der Waals surface area contributed by atoms with Gasteiger partial charge in [0.05, 0.1) is 0 Å². The largest absolute Gasteiger partial charge is 0.478 e. The van der Waals surface area contributed by atoms with Crippen molar-refractivity contribution in [3.63, 3.8) is 0 Å². The highest BCUT2D eigenvalue weighted by atomic mass is 19.1. The lowest BCUT2D eigenvalue weighted by Gasteiger charge is -2.21. The van der Waals surface area contributed by atoms with E-state index in [0.29, 0.717) is 17.7 Å². The molecule has 1 aliphatic carbocycles. The molecular weight excluding hydrogens is 340 g/mol. The zero-order valence-corrected chi connectivity index (χ0v) is 14.1. The van der Waals surface area contributed by atoms with Crippen molar-refractivity contribution in [1.29, 1.82) is 0 Å². The molecule has 0 unspecified atom stereocenters. The van der Waals surface area contributed by atoms with Gasteiger partial charge in [-0.05, 0) is 67.2 Å². The normalized spacial score (nSPS) is 15.2. The van der Waals surface area contributed by atoms with Crippen LogP contribution in [0.3, 0.4) is 0 Å². The molecule has 3 rings (SSSR count). The highest BCUT2D eigenvalue weighted by molar-refractivity contribution is 6.05. The average Bonchev–Trinajstić information content (AvgIpc) is 2.60. The highest BCUT2D eigenvalue weighted by Gasteiger charge is 2.21. The van der Waals surface area contributed by atoms with Gasteiger partial charge >= 0.3 is 5.97 Å². The summed E-state index contributed by atoms with van der Waals surface area (Å²) in [6.07, 6.45) is 2.22. The lowest BCUT2D eigenvalue weighted by molar-refractivity contribution is -0.132. The molecule has 0 atom stereocenters. The Morgan fingerprint density at radius 1 is 1.08 bits per heavy atom. The molecule has 1 amide bonds. The van der Waals surface area contributed by atoms with Crippen molar-refractivity contribution in [3.8, 4) is 0 Å². The third-order valence-corrected chi connectivity index (χ3v) is 4.52. The van der Waals surface area contributed by atoms with Gasteiger partial charge in [-0.2, -0.15) is 0 Å². The summed E-state index contributed by atoms with van der Waals surface area (Å²) in [7, 11) is 0. The number of amides is 1. The van der Waals surface area contributed by atoms with Crippen LogP contribution in [0.1, 0.15) is 41.3 Å². The third kappa shape index (κ3) is 3.35. The number of halogens is 2. The second-order valence-corrected chi connectivity index (χ2v) is 6.18. The zero-order valence-electron chi connectivity index (χ0n) is 14.1. The predicted molar refractivity (Wildman–Crippen MR) is 93.9 cm³/mol. The van der Waals surface area contributed by atoms with Gasteiger partial charge in [0.1, 0.15) is 17.2 Å². The molecule has 1 aliphatic rings. The van der Waals surface area contributed by atoms with Gasteiger partial charge in [0.2, 0.25) is 0 Å². The molecule has 0 saturated heterocycles. The molecule has 0 saturated carbocycles. The topological polar surface area (TPSA) is 66.4 Å². The van der Waals surface area contributed by atoms with E-state index in [4.69, 9.17) is 0 Å². The zero-order chi connectivity index (χ0) is 18.8. The van der Waals surface area contributed by atoms with Crippen LogP contribution in [-0.2, 0) is 11.2 Å². The minimum atomic E-state index is -0.958. The van der Waals surface area contributed by atoms with Gasteiger partial charge in [0.25, 0.3) is 5.91 Å². The van der Waals surface area contributed by atoms with Crippen molar-refractivity contribution >= 4 is 23.1 Å². The van der Waals surface area contributed by atoms with Crippen LogP contribution >= 0.6 is 0 Å². The second kappa shape index (κ2) is 7.07. The summed E-state index contributed by atoms with van der Waals surface area (Å²) in [4.78, 5) is 23.5. The van der Waals surface area contributed by atoms with Crippen molar-refractivity contribution in [3.05, 3.63) is 70.3 Å². The number of fused-ring (bicyclic) bond motifs is 1. The molecule has 26 heavy (non-hydrogen) atoms. The molecule has 4 nitrogen and oxygen atoms in total. The molecule has 2 N–H and O–H groups in total. The molecule has 2 aromatic rings. The van der Waals surface area contributed by atoms with E-state index in [-0.39, 0.29) is 0 Å². The van der Waals surface area contributed by atoms with Crippen molar-refractivity contribution in [2.45, 2.75) is 26.2 Å². The fourth-order valence-corrected chi connectivity index (χ4v) is 3.19. The number of rotatable bonds is 3. The van der Waals surface area contributed by atoms with E-state index in [1.807, 2.05) is 0 Å². The number of carboxylic acids is 1. The quantitative estimate of drug-likeness (QED) is 0.800. The Morgan fingerprint density at radius 3 is 2.42 bits per heavy atom. The van der Waals surface area contributed by atoms with Crippen LogP contribution in [0, 0.1) is 11.6 Å². The number of aliphatic carboxylic acids is 1. The Kier molecular flexibility index (Phi) is 4.84. The van der Waals surface area contributed by atoms with Gasteiger partial charge in [-0.1, -0.05) is 12.1 Å². The number of aryl methyl sites for hydroxylation is 1. The molecule has 0 aromatic heterocycles. The minimum Gasteiger partial charge on any atom is -0.478 e. The van der Waals surface area contributed by atoms with E-state index in [1.165, 1.54) is 6.07 Å². The summed E-state index contributed by atoms with van der Waals surface area (Å²) in [5, 5.41) is 11.7. The van der Waals surface area contributed by atoms with E-state index in [2.05, 4.69) is 5.32 Å². The number of hydrogen-bond donors (Lipinski definition) is 2. The van der Waals surface area contributed by atoms with E-state index >= 15 is 0 Å². The summed E-state index contributed by atoms with van der Waals surface area (Å²) >= 11 is 0. The summed E-state index contributed by atoms with van der Waals surface area (Å²) in [6.45, 7) is 1.57. The van der Waals surface area contributed by atoms with Gasteiger partial charge in [-0.15, -0.1) is 0 Å². The first-order valence-electron chi connectivity index (χ1n) is 8.20. The molecule has 0 radical (unpaired) electrons. The van der Waals surface area contributed by atoms with Gasteiger partial charge in [-0.3, -0.25) is 4.79 Å². The number of benzene rings is 2. The smallest absolute Gasteiger partial charge is 0.331 e. The number of carbonyl (C=O) groups is 2. The summed E-state index contributed by atoms with van der Waals surface area (Å²) in [6, 6.07) is 8.31. The van der Waals surface area contributed by atoms with E-state index in [0.717, 1.165) is 41.7 Å². The van der Waals surface area contributed by atoms with Crippen molar-refractivity contribution < 1.29 is 23.5 Å². The molecule has 0 spiro atoms. The van der Waals surface area contributed by atoms with Crippen LogP contribution in [0.4, 0.5) is 14.5 Å². The minimum absolute atomic E-state index is 0.302. The summed E-state index contributed by atoms with van der Waals surface area (Å²) in [5.74, 6) is -3.68. The maximum atomic E-state index is 13.7. The first-order valence-corrected chi connectivity index (χ1v) is 8.20. The highest BCUT2D eigenvalue weighted by Crippen LogP contribution is 2.34. The maximum absolute atomic E-state index is 13.7. The van der Waals surface area contributed by atoms with Crippen molar-refractivity contribution in [1.82, 2.24) is 0 Å². The van der Waals surface area contributed by atoms with Crippen LogP contribution in [0.5, 0.6) is 0 Å². The van der Waals surface area contributed by atoms with Crippen molar-refractivity contribution in [2.24, 2.45) is 0 Å². The van der Waals surface area contributed by atoms with Gasteiger partial charge in [0.15, 0.2) is 0 Å². The van der Waals surface area contributed by atoms with E-state index in [1.54, 1.807) is 25.1 Å². The third-order valence-electron chi connectivity index (χ3n) is 4.52. The van der Waals surface area contributed by atoms with Gasteiger partial charge < -0.3 is 10.4 Å². The number of anilines is 1. The lowest BCUT2D eigenvalue weighted by atomic mass is 9.84. The first-order chi connectivity index (χ1) is 12.4. The predicted octanol–water partition coefficient (Wildman–Crippen LogP) is 4.41. The second-order valence-electron chi connectivity index (χ2n) is 6.18. The Hall–Kier alpha value is -3.02. The van der Waals surface area contributed by atoms with E-state index in [9.17, 15) is 23.5 Å². The van der Waals surface area contributed by atoms with Crippen LogP contribution in [0.2, 0.25) is 0 Å². The van der Waals surface area contributed by atoms with Gasteiger partial charge in [-0.25, -0.2) is 13.6 Å². The number of carboxylic acid groups (broad SMARTS) is 1. The fraction of sp³-hybridized carbons (Fsp3) is 0.200. The Labute approximate surface area is 149 Å². The molecule has 0 aliphatic heterocycles. The molecule has 6 heteroatoms. The molecule has 2 aromatic carbocycles. The van der Waals surface area contributed by atoms with Crippen LogP contribution in [-0.4, -0.2) is 17.0 Å². The van der Waals surface area contributed by atoms with Crippen LogP contribution < -0.4 is 5.32 Å². The molecular formula is C20H17F2NO3. The molecule has 0 bridgehead atoms. The Bertz CT molecular complexity index is 914. The Balaban J connectivity index is 1.92. The van der Waals surface area contributed by atoms with Crippen molar-refractivity contribution in [2.75, 3.05) is 5.32 Å². The number of carbonyl (C=O) groups excluding carboxylic acids is 1. The van der Waals surface area contributed by atoms with Crippen LogP contribution in [0.15, 0.2) is 42.0 Å². The van der Waals surface area contributed by atoms with Crippen LogP contribution in [0.25, 0.3) is 5.57 Å². The first kappa shape index (κ1) is 17.8. The Morgan fingerprint density at radius 2 is 1.77 bits per heavy atom. The van der Waals surface area contributed by atoms with E-state index < -0.39 is 29.1 Å². The van der Waals surface area contributed by atoms with Gasteiger partial charge in [0, 0.05) is 11.3 Å². The standard InChI is InChI=1S/C20H17F2NO3/c1-11(20(25)26)14-5-2-4-12-10-13(8-9-15(12)14)23-19(24)18-16(21)6-3-7-17(18)22/h3,6-10H,2,4-5H2,1H3,(H,23,24)(H,25,26)/b14-11-. The SMILES string of the molecule is C/C(C(=O)O)=C1\CCCc2cc(NC(=O)c3c(F)cccc3F)ccc21. The number of allylic oxidation sites excluding steroid dienone is 1. The fourth-order valence-electron chi connectivity index (χ4n) is 3.19. The average molecular weight is 357 g/mol. The monoisotopic (exact) mass is 357 g/mol. The number of nitrogens with one attached hydrogen (secondary N) is 1. The number of hydrogen-bond acceptors (Lipinski definition) is 2.